The van der Waals surface area contributed by atoms with Crippen molar-refractivity contribution in [2.24, 2.45) is 0 Å². The average Bonchev–Trinajstić information content (AvgIpc) is 2.99. The topological polar surface area (TPSA) is 129 Å². The summed E-state index contributed by atoms with van der Waals surface area (Å²) in [6.45, 7) is 7.68. The van der Waals surface area contributed by atoms with Crippen molar-refractivity contribution >= 4 is 0 Å². The van der Waals surface area contributed by atoms with E-state index in [1.54, 1.807) is 66.7 Å². The monoisotopic (exact) mass is 614 g/mol. The van der Waals surface area contributed by atoms with Crippen LogP contribution in [-0.2, 0) is 0 Å². The first-order valence-electron chi connectivity index (χ1n) is 15.8. The summed E-state index contributed by atoms with van der Waals surface area (Å²) >= 11 is 0. The van der Waals surface area contributed by atoms with Gasteiger partial charge in [-0.05, 0) is 86.8 Å². The quantitative estimate of drug-likeness (QED) is 0.0714. The zero-order valence-electron chi connectivity index (χ0n) is 26.8. The summed E-state index contributed by atoms with van der Waals surface area (Å²) in [6.07, 6.45) is 11.9. The van der Waals surface area contributed by atoms with Crippen LogP contribution in [0.3, 0.4) is 0 Å². The van der Waals surface area contributed by atoms with Gasteiger partial charge in [-0.15, -0.1) is 0 Å². The molecule has 0 atom stereocenters. The lowest BCUT2D eigenvalue weighted by molar-refractivity contribution is -0.151. The van der Waals surface area contributed by atoms with E-state index in [1.165, 1.54) is 57.9 Å². The third-order valence-electron chi connectivity index (χ3n) is 6.34. The van der Waals surface area contributed by atoms with Gasteiger partial charge in [-0.1, -0.05) is 64.9 Å². The molecule has 3 aromatic carbocycles. The molecular weight excluding hydrogens is 560 g/mol. The molecule has 5 N–H and O–H groups in total. The van der Waals surface area contributed by atoms with Gasteiger partial charge in [-0.2, -0.15) is 0 Å². The number of aliphatic hydroxyl groups is 2. The third-order valence-corrected chi connectivity index (χ3v) is 6.34. The molecule has 3 rings (SSSR count). The van der Waals surface area contributed by atoms with Crippen LogP contribution in [0.25, 0.3) is 0 Å². The highest BCUT2D eigenvalue weighted by molar-refractivity contribution is 5.32. The molecule has 0 unspecified atom stereocenters. The Hall–Kier alpha value is -3.62. The van der Waals surface area contributed by atoms with E-state index in [0.717, 1.165) is 37.6 Å². The van der Waals surface area contributed by atoms with Crippen molar-refractivity contribution in [1.29, 1.82) is 0 Å². The third kappa shape index (κ3) is 22.0. The van der Waals surface area contributed by atoms with Crippen LogP contribution in [0.15, 0.2) is 72.8 Å². The number of benzene rings is 3. The van der Waals surface area contributed by atoms with Crippen LogP contribution in [0.2, 0.25) is 0 Å². The van der Waals surface area contributed by atoms with E-state index in [4.69, 9.17) is 39.7 Å². The van der Waals surface area contributed by atoms with Crippen LogP contribution in [0, 0.1) is 0 Å². The Labute approximate surface area is 263 Å². The van der Waals surface area contributed by atoms with Gasteiger partial charge in [0.25, 0.3) is 0 Å². The Balaban J connectivity index is 0.000000330. The Morgan fingerprint density at radius 2 is 0.932 bits per heavy atom. The van der Waals surface area contributed by atoms with Crippen molar-refractivity contribution in [1.82, 2.24) is 0 Å². The molecule has 0 aliphatic rings. The van der Waals surface area contributed by atoms with E-state index in [9.17, 15) is 0 Å². The summed E-state index contributed by atoms with van der Waals surface area (Å²) in [4.78, 5) is 0. The first kappa shape index (κ1) is 38.4. The van der Waals surface area contributed by atoms with Crippen LogP contribution < -0.4 is 14.2 Å². The number of unbranched alkanes of at least 4 members (excludes halogenated alkanes) is 7. The molecule has 0 fully saturated rings. The van der Waals surface area contributed by atoms with Gasteiger partial charge in [0.15, 0.2) is 5.79 Å². The number of aromatic hydroxyl groups is 3. The lowest BCUT2D eigenvalue weighted by Crippen LogP contribution is -2.23. The van der Waals surface area contributed by atoms with Crippen molar-refractivity contribution in [3.05, 3.63) is 72.8 Å². The average molecular weight is 615 g/mol. The molecule has 0 aliphatic carbocycles. The van der Waals surface area contributed by atoms with Gasteiger partial charge in [0, 0.05) is 12.5 Å². The number of hydrogen-bond acceptors (Lipinski definition) is 8. The minimum absolute atomic E-state index is 0.154. The smallest absolute Gasteiger partial charge is 0.159 e. The molecule has 0 amide bonds. The first-order valence-corrected chi connectivity index (χ1v) is 15.8. The van der Waals surface area contributed by atoms with Gasteiger partial charge >= 0.3 is 0 Å². The highest BCUT2D eigenvalue weighted by Gasteiger charge is 2.13. The van der Waals surface area contributed by atoms with E-state index in [1.807, 2.05) is 0 Å². The van der Waals surface area contributed by atoms with Crippen LogP contribution in [0.1, 0.15) is 91.4 Å². The van der Waals surface area contributed by atoms with Gasteiger partial charge < -0.3 is 39.7 Å². The maximum atomic E-state index is 9.14. The van der Waals surface area contributed by atoms with Crippen LogP contribution in [0.4, 0.5) is 0 Å². The molecule has 246 valence electrons. The minimum Gasteiger partial charge on any atom is -0.508 e. The Morgan fingerprint density at radius 3 is 1.39 bits per heavy atom. The molecule has 0 spiro atoms. The summed E-state index contributed by atoms with van der Waals surface area (Å²) in [7, 11) is 0. The Bertz CT molecular complexity index is 1080. The lowest BCUT2D eigenvalue weighted by atomic mass is 10.2. The summed E-state index contributed by atoms with van der Waals surface area (Å²) < 4.78 is 16.3. The standard InChI is InChI=1S/C13H20O2.C12H18O2.C11H16O4/c1-2-3-4-5-6-11-15-13-9-7-12(14)8-10-13;1-2-3-4-5-10-14-12-8-6-11(13)7-9-12;1-11(13,14)6-3-7-15-10-5-2-4-9(12)8-10/h7-10,14H,2-6,11H2,1H3;6-9,13H,2-5,10H2,1H3;2,4-5,8,12-14H,3,6-7H2,1H3. The second-order valence-corrected chi connectivity index (χ2v) is 10.8. The van der Waals surface area contributed by atoms with Gasteiger partial charge in [0.1, 0.15) is 34.5 Å². The lowest BCUT2D eigenvalue weighted by Gasteiger charge is -2.15. The SMILES string of the molecule is CC(O)(O)CCCOc1cccc(O)c1.CCCCCCCOc1ccc(O)cc1.CCCCCCOc1ccc(O)cc1. The molecule has 0 saturated heterocycles. The summed E-state index contributed by atoms with van der Waals surface area (Å²) in [6, 6.07) is 20.2. The van der Waals surface area contributed by atoms with Gasteiger partial charge in [0.2, 0.25) is 0 Å². The maximum absolute atomic E-state index is 9.14. The predicted molar refractivity (Wildman–Crippen MR) is 176 cm³/mol. The molecule has 0 aromatic heterocycles. The zero-order chi connectivity index (χ0) is 32.5. The summed E-state index contributed by atoms with van der Waals surface area (Å²) in [5.74, 6) is 1.33. The van der Waals surface area contributed by atoms with Crippen LogP contribution in [-0.4, -0.2) is 51.1 Å². The number of phenols is 3. The van der Waals surface area contributed by atoms with Crippen molar-refractivity contribution in [3.63, 3.8) is 0 Å². The van der Waals surface area contributed by atoms with Crippen molar-refractivity contribution < 1.29 is 39.7 Å². The fourth-order valence-corrected chi connectivity index (χ4v) is 3.87. The fourth-order valence-electron chi connectivity index (χ4n) is 3.87. The van der Waals surface area contributed by atoms with Crippen molar-refractivity contribution in [2.75, 3.05) is 19.8 Å². The maximum Gasteiger partial charge on any atom is 0.159 e. The minimum atomic E-state index is -1.64. The first-order chi connectivity index (χ1) is 21.1. The van der Waals surface area contributed by atoms with Gasteiger partial charge in [-0.25, -0.2) is 0 Å². The fraction of sp³-hybridized carbons (Fsp3) is 0.500. The molecule has 0 heterocycles. The molecule has 0 saturated carbocycles. The normalized spacial score (nSPS) is 10.6. The summed E-state index contributed by atoms with van der Waals surface area (Å²) in [5, 5.41) is 45.3. The van der Waals surface area contributed by atoms with Crippen molar-refractivity contribution in [2.45, 2.75) is 97.2 Å². The van der Waals surface area contributed by atoms with E-state index in [2.05, 4.69) is 13.8 Å². The Kier molecular flexibility index (Phi) is 20.8. The van der Waals surface area contributed by atoms with E-state index >= 15 is 0 Å². The highest BCUT2D eigenvalue weighted by Crippen LogP contribution is 2.19. The number of phenolic OH excluding ortho intramolecular Hbond substituents is 3. The van der Waals surface area contributed by atoms with Crippen LogP contribution >= 0.6 is 0 Å². The molecule has 0 radical (unpaired) electrons. The van der Waals surface area contributed by atoms with E-state index < -0.39 is 5.79 Å². The van der Waals surface area contributed by atoms with E-state index in [-0.39, 0.29) is 23.7 Å². The molecule has 44 heavy (non-hydrogen) atoms. The van der Waals surface area contributed by atoms with Gasteiger partial charge in [0.05, 0.1) is 19.8 Å². The molecular formula is C36H54O8. The molecule has 3 aromatic rings. The highest BCUT2D eigenvalue weighted by atomic mass is 16.5. The molecule has 8 nitrogen and oxygen atoms in total. The zero-order valence-corrected chi connectivity index (χ0v) is 26.8. The number of hydrogen-bond donors (Lipinski definition) is 5. The Morgan fingerprint density at radius 1 is 0.500 bits per heavy atom. The van der Waals surface area contributed by atoms with E-state index in [0.29, 0.717) is 18.8 Å². The van der Waals surface area contributed by atoms with Gasteiger partial charge in [-0.3, -0.25) is 0 Å². The predicted octanol–water partition coefficient (Wildman–Crippen LogP) is 8.34. The number of rotatable bonds is 18. The molecule has 8 heteroatoms. The second-order valence-electron chi connectivity index (χ2n) is 10.8. The van der Waals surface area contributed by atoms with Crippen LogP contribution in [0.5, 0.6) is 34.5 Å². The van der Waals surface area contributed by atoms with Crippen molar-refractivity contribution in [3.8, 4) is 34.5 Å². The summed E-state index contributed by atoms with van der Waals surface area (Å²) in [5.41, 5.74) is 0. The molecule has 0 aliphatic heterocycles. The largest absolute Gasteiger partial charge is 0.508 e. The molecule has 0 bridgehead atoms. The second kappa shape index (κ2) is 23.8. The number of ether oxygens (including phenoxy) is 3.